The zero-order valence-corrected chi connectivity index (χ0v) is 9.93. The summed E-state index contributed by atoms with van der Waals surface area (Å²) >= 11 is 5.90. The topological polar surface area (TPSA) is 54.5 Å². The molecule has 0 aromatic rings. The summed E-state index contributed by atoms with van der Waals surface area (Å²) < 4.78 is 22.5. The van der Waals surface area contributed by atoms with Crippen molar-refractivity contribution >= 4 is 27.3 Å². The van der Waals surface area contributed by atoms with Gasteiger partial charge in [0, 0.05) is 19.0 Å². The van der Waals surface area contributed by atoms with Crippen LogP contribution in [0.4, 0.5) is 0 Å². The molecule has 4 nitrogen and oxygen atoms in total. The van der Waals surface area contributed by atoms with Crippen LogP contribution in [-0.2, 0) is 14.6 Å². The van der Waals surface area contributed by atoms with Gasteiger partial charge in [0.1, 0.15) is 9.84 Å². The second-order valence-electron chi connectivity index (χ2n) is 4.23. The van der Waals surface area contributed by atoms with Gasteiger partial charge >= 0.3 is 0 Å². The minimum atomic E-state index is -2.85. The maximum absolute atomic E-state index is 11.5. The van der Waals surface area contributed by atoms with Gasteiger partial charge in [-0.25, -0.2) is 8.42 Å². The van der Waals surface area contributed by atoms with E-state index in [0.717, 1.165) is 0 Å². The number of alkyl halides is 1. The molecular formula is C9H14ClNO3S. The summed E-state index contributed by atoms with van der Waals surface area (Å²) in [4.78, 5) is 13.3. The summed E-state index contributed by atoms with van der Waals surface area (Å²) in [7, 11) is -2.85. The van der Waals surface area contributed by atoms with Crippen molar-refractivity contribution in [2.24, 2.45) is 0 Å². The molecule has 2 fully saturated rings. The molecule has 2 aliphatic rings. The maximum atomic E-state index is 11.5. The lowest BCUT2D eigenvalue weighted by atomic mass is 10.1. The fourth-order valence-electron chi connectivity index (χ4n) is 2.23. The Kier molecular flexibility index (Phi) is 2.94. The first-order chi connectivity index (χ1) is 6.98. The van der Waals surface area contributed by atoms with Crippen molar-refractivity contribution < 1.29 is 13.2 Å². The number of hydrogen-bond acceptors (Lipinski definition) is 3. The van der Waals surface area contributed by atoms with Crippen LogP contribution < -0.4 is 0 Å². The number of carbonyl (C=O) groups is 1. The second kappa shape index (κ2) is 3.94. The summed E-state index contributed by atoms with van der Waals surface area (Å²) in [6.45, 7) is 0.575. The van der Waals surface area contributed by atoms with Crippen LogP contribution in [0, 0.1) is 0 Å². The Balaban J connectivity index is 1.99. The van der Waals surface area contributed by atoms with Crippen molar-refractivity contribution in [3.05, 3.63) is 0 Å². The van der Waals surface area contributed by atoms with E-state index in [4.69, 9.17) is 11.6 Å². The Bertz CT molecular complexity index is 354. The molecule has 0 spiro atoms. The van der Waals surface area contributed by atoms with Crippen LogP contribution in [0.15, 0.2) is 0 Å². The molecule has 0 aromatic carbocycles. The Labute approximate surface area is 94.5 Å². The molecule has 2 aliphatic heterocycles. The molecule has 2 heterocycles. The first-order valence-corrected chi connectivity index (χ1v) is 7.38. The second-order valence-corrected chi connectivity index (χ2v) is 7.15. The molecule has 86 valence electrons. The molecule has 0 bridgehead atoms. The molecule has 2 rings (SSSR count). The zero-order chi connectivity index (χ0) is 11.1. The third-order valence-corrected chi connectivity index (χ3v) is 5.08. The average molecular weight is 252 g/mol. The first kappa shape index (κ1) is 11.2. The molecule has 0 aromatic heterocycles. The van der Waals surface area contributed by atoms with Gasteiger partial charge in [-0.15, -0.1) is 11.6 Å². The lowest BCUT2D eigenvalue weighted by Gasteiger charge is -2.30. The molecule has 1 unspecified atom stereocenters. The van der Waals surface area contributed by atoms with Crippen LogP contribution >= 0.6 is 11.6 Å². The lowest BCUT2D eigenvalue weighted by molar-refractivity contribution is -0.129. The highest BCUT2D eigenvalue weighted by Gasteiger charge is 2.36. The van der Waals surface area contributed by atoms with Gasteiger partial charge in [0.05, 0.1) is 16.9 Å². The van der Waals surface area contributed by atoms with E-state index in [-0.39, 0.29) is 28.8 Å². The highest BCUT2D eigenvalue weighted by atomic mass is 35.5. The van der Waals surface area contributed by atoms with Gasteiger partial charge in [0.25, 0.3) is 0 Å². The van der Waals surface area contributed by atoms with E-state index >= 15 is 0 Å². The van der Waals surface area contributed by atoms with Gasteiger partial charge in [0.2, 0.25) is 5.91 Å². The van der Waals surface area contributed by atoms with Gasteiger partial charge in [-0.05, 0) is 12.8 Å². The number of nitrogens with zero attached hydrogens (tertiary/aromatic N) is 1. The van der Waals surface area contributed by atoms with Crippen LogP contribution in [0.2, 0.25) is 0 Å². The van der Waals surface area contributed by atoms with Crippen molar-refractivity contribution in [2.45, 2.75) is 30.7 Å². The molecule has 6 heteroatoms. The average Bonchev–Trinajstić information content (AvgIpc) is 2.45. The Morgan fingerprint density at radius 2 is 1.87 bits per heavy atom. The van der Waals surface area contributed by atoms with Crippen molar-refractivity contribution in [3.63, 3.8) is 0 Å². The summed E-state index contributed by atoms with van der Waals surface area (Å²) in [6.07, 6.45) is 1.53. The molecule has 2 saturated heterocycles. The third kappa shape index (κ3) is 2.45. The Hall–Kier alpha value is -0.290. The molecule has 15 heavy (non-hydrogen) atoms. The fourth-order valence-corrected chi connectivity index (χ4v) is 3.98. The molecule has 0 aliphatic carbocycles. The molecule has 1 amide bonds. The predicted octanol–water partition coefficient (Wildman–Crippen LogP) is 0.403. The molecule has 1 atom stereocenters. The Morgan fingerprint density at radius 1 is 1.27 bits per heavy atom. The fraction of sp³-hybridized carbons (Fsp3) is 0.889. The van der Waals surface area contributed by atoms with Crippen LogP contribution in [-0.4, -0.2) is 48.7 Å². The third-order valence-electron chi connectivity index (χ3n) is 3.08. The Morgan fingerprint density at radius 3 is 2.33 bits per heavy atom. The number of halogens is 1. The quantitative estimate of drug-likeness (QED) is 0.634. The van der Waals surface area contributed by atoms with Crippen LogP contribution in [0.5, 0.6) is 0 Å². The van der Waals surface area contributed by atoms with Gasteiger partial charge in [-0.3, -0.25) is 4.79 Å². The minimum absolute atomic E-state index is 0.0688. The van der Waals surface area contributed by atoms with Crippen molar-refractivity contribution in [1.82, 2.24) is 4.90 Å². The normalized spacial score (nSPS) is 32.2. The largest absolute Gasteiger partial charge is 0.338 e. The SMILES string of the molecule is O=C1CC(Cl)CN1C1CCS(=O)(=O)CC1. The monoisotopic (exact) mass is 251 g/mol. The minimum Gasteiger partial charge on any atom is -0.338 e. The molecule has 0 radical (unpaired) electrons. The number of rotatable bonds is 1. The smallest absolute Gasteiger partial charge is 0.224 e. The van der Waals surface area contributed by atoms with Gasteiger partial charge in [0.15, 0.2) is 0 Å². The highest BCUT2D eigenvalue weighted by molar-refractivity contribution is 7.91. The van der Waals surface area contributed by atoms with Gasteiger partial charge in [-0.2, -0.15) is 0 Å². The summed E-state index contributed by atoms with van der Waals surface area (Å²) in [6, 6.07) is 0.0878. The summed E-state index contributed by atoms with van der Waals surface area (Å²) in [5.41, 5.74) is 0. The van der Waals surface area contributed by atoms with E-state index in [2.05, 4.69) is 0 Å². The van der Waals surface area contributed by atoms with Crippen molar-refractivity contribution in [2.75, 3.05) is 18.1 Å². The van der Waals surface area contributed by atoms with Crippen molar-refractivity contribution in [3.8, 4) is 0 Å². The standard InChI is InChI=1S/C9H14ClNO3S/c10-7-5-9(12)11(6-7)8-1-3-15(13,14)4-2-8/h7-8H,1-6H2. The summed E-state index contributed by atoms with van der Waals surface area (Å²) in [5.74, 6) is 0.474. The predicted molar refractivity (Wildman–Crippen MR) is 57.6 cm³/mol. The van der Waals surface area contributed by atoms with E-state index in [1.54, 1.807) is 4.90 Å². The van der Waals surface area contributed by atoms with Crippen LogP contribution in [0.25, 0.3) is 0 Å². The number of sulfone groups is 1. The number of likely N-dealkylation sites (tertiary alicyclic amines) is 1. The van der Waals surface area contributed by atoms with Gasteiger partial charge in [-0.1, -0.05) is 0 Å². The molecular weight excluding hydrogens is 238 g/mol. The zero-order valence-electron chi connectivity index (χ0n) is 8.36. The highest BCUT2D eigenvalue weighted by Crippen LogP contribution is 2.25. The number of amides is 1. The lowest BCUT2D eigenvalue weighted by Crippen LogP contribution is -2.42. The van der Waals surface area contributed by atoms with Crippen molar-refractivity contribution in [1.29, 1.82) is 0 Å². The van der Waals surface area contributed by atoms with Crippen LogP contribution in [0.1, 0.15) is 19.3 Å². The van der Waals surface area contributed by atoms with E-state index in [1.165, 1.54) is 0 Å². The molecule has 0 saturated carbocycles. The van der Waals surface area contributed by atoms with Crippen LogP contribution in [0.3, 0.4) is 0 Å². The summed E-state index contributed by atoms with van der Waals surface area (Å²) in [5, 5.41) is -0.101. The molecule has 0 N–H and O–H groups in total. The number of carbonyl (C=O) groups excluding carboxylic acids is 1. The van der Waals surface area contributed by atoms with E-state index in [9.17, 15) is 13.2 Å². The maximum Gasteiger partial charge on any atom is 0.224 e. The van der Waals surface area contributed by atoms with E-state index in [1.807, 2.05) is 0 Å². The first-order valence-electron chi connectivity index (χ1n) is 5.12. The number of hydrogen-bond donors (Lipinski definition) is 0. The van der Waals surface area contributed by atoms with E-state index < -0.39 is 9.84 Å². The van der Waals surface area contributed by atoms with E-state index in [0.29, 0.717) is 25.8 Å². The van der Waals surface area contributed by atoms with Gasteiger partial charge < -0.3 is 4.90 Å².